The molecule has 154 valence electrons. The largest absolute Gasteiger partial charge is 0.357 e. The lowest BCUT2D eigenvalue weighted by atomic mass is 10.1. The molecule has 6 nitrogen and oxygen atoms in total. The molecule has 1 aromatic rings. The quantitative estimate of drug-likeness (QED) is 0.318. The molecule has 0 spiro atoms. The number of likely N-dealkylation sites (N-methyl/N-ethyl adjacent to an activating group) is 1. The van der Waals surface area contributed by atoms with Gasteiger partial charge in [-0.05, 0) is 44.6 Å². The molecule has 2 N–H and O–H groups in total. The van der Waals surface area contributed by atoms with Gasteiger partial charge in [-0.15, -0.1) is 24.0 Å². The minimum absolute atomic E-state index is 0. The maximum absolute atomic E-state index is 11.9. The van der Waals surface area contributed by atoms with Crippen LogP contribution in [-0.2, 0) is 6.54 Å². The van der Waals surface area contributed by atoms with Gasteiger partial charge in [0.2, 0.25) is 0 Å². The first kappa shape index (κ1) is 25.6. The van der Waals surface area contributed by atoms with Gasteiger partial charge in [-0.1, -0.05) is 26.0 Å². The Hall–Kier alpha value is -1.35. The standard InChI is InChI=1S/C20H35N5O.HI/c1-7-21-20(22-14-16(4)25(8-2)9-3)23-15-17-10-12-18(13-11-17)19(26)24(5)6;/h10-13,16H,7-9,14-15H2,1-6H3,(H2,21,22,23);1H. The van der Waals surface area contributed by atoms with Gasteiger partial charge in [0.05, 0.1) is 6.54 Å². The molecule has 0 aliphatic carbocycles. The van der Waals surface area contributed by atoms with Crippen molar-refractivity contribution < 1.29 is 4.79 Å². The van der Waals surface area contributed by atoms with E-state index in [1.807, 2.05) is 24.3 Å². The Morgan fingerprint density at radius 2 is 1.67 bits per heavy atom. The summed E-state index contributed by atoms with van der Waals surface area (Å²) in [7, 11) is 3.52. The van der Waals surface area contributed by atoms with E-state index in [9.17, 15) is 4.79 Å². The number of carbonyl (C=O) groups is 1. The molecule has 0 saturated heterocycles. The Morgan fingerprint density at radius 1 is 1.07 bits per heavy atom. The highest BCUT2D eigenvalue weighted by molar-refractivity contribution is 14.0. The van der Waals surface area contributed by atoms with Crippen LogP contribution in [0.1, 0.15) is 43.6 Å². The lowest BCUT2D eigenvalue weighted by molar-refractivity contribution is 0.0827. The molecule has 0 aromatic heterocycles. The Labute approximate surface area is 181 Å². The second-order valence-electron chi connectivity index (χ2n) is 6.54. The number of guanidine groups is 1. The number of aliphatic imine (C=N–C) groups is 1. The van der Waals surface area contributed by atoms with Crippen molar-refractivity contribution in [3.8, 4) is 0 Å². The molecule has 1 atom stereocenters. The van der Waals surface area contributed by atoms with Gasteiger partial charge >= 0.3 is 0 Å². The van der Waals surface area contributed by atoms with E-state index in [0.717, 1.165) is 37.7 Å². The van der Waals surface area contributed by atoms with E-state index in [2.05, 4.69) is 48.2 Å². The number of halogens is 1. The van der Waals surface area contributed by atoms with Gasteiger partial charge < -0.3 is 15.5 Å². The molecule has 27 heavy (non-hydrogen) atoms. The molecule has 0 heterocycles. The van der Waals surface area contributed by atoms with Crippen molar-refractivity contribution in [1.29, 1.82) is 0 Å². The summed E-state index contributed by atoms with van der Waals surface area (Å²) in [5, 5.41) is 6.71. The normalized spacial score (nSPS) is 12.3. The predicted octanol–water partition coefficient (Wildman–Crippen LogP) is 2.79. The third-order valence-corrected chi connectivity index (χ3v) is 4.37. The molecule has 0 bridgehead atoms. The van der Waals surface area contributed by atoms with E-state index in [1.165, 1.54) is 0 Å². The number of hydrogen-bond acceptors (Lipinski definition) is 3. The lowest BCUT2D eigenvalue weighted by Crippen LogP contribution is -2.45. The van der Waals surface area contributed by atoms with Crippen molar-refractivity contribution in [2.45, 2.75) is 40.3 Å². The smallest absolute Gasteiger partial charge is 0.253 e. The fourth-order valence-electron chi connectivity index (χ4n) is 2.74. The third-order valence-electron chi connectivity index (χ3n) is 4.37. The summed E-state index contributed by atoms with van der Waals surface area (Å²) in [5.41, 5.74) is 1.77. The number of benzene rings is 1. The van der Waals surface area contributed by atoms with Crippen LogP contribution in [0.25, 0.3) is 0 Å². The number of carbonyl (C=O) groups excluding carboxylic acids is 1. The van der Waals surface area contributed by atoms with Gasteiger partial charge in [0.25, 0.3) is 5.91 Å². The van der Waals surface area contributed by atoms with Crippen LogP contribution in [0.4, 0.5) is 0 Å². The first-order valence-corrected chi connectivity index (χ1v) is 9.49. The van der Waals surface area contributed by atoms with E-state index in [4.69, 9.17) is 0 Å². The summed E-state index contributed by atoms with van der Waals surface area (Å²) in [4.78, 5) is 20.6. The van der Waals surface area contributed by atoms with Crippen molar-refractivity contribution in [3.05, 3.63) is 35.4 Å². The van der Waals surface area contributed by atoms with Gasteiger partial charge in [-0.2, -0.15) is 0 Å². The minimum atomic E-state index is 0. The first-order valence-electron chi connectivity index (χ1n) is 9.49. The first-order chi connectivity index (χ1) is 12.4. The monoisotopic (exact) mass is 489 g/mol. The molecule has 0 fully saturated rings. The number of amides is 1. The SMILES string of the molecule is CCNC(=NCc1ccc(C(=O)N(C)C)cc1)NCC(C)N(CC)CC.I. The topological polar surface area (TPSA) is 60.0 Å². The highest BCUT2D eigenvalue weighted by Crippen LogP contribution is 2.07. The maximum atomic E-state index is 11.9. The minimum Gasteiger partial charge on any atom is -0.357 e. The Kier molecular flexibility index (Phi) is 13.1. The average Bonchev–Trinajstić information content (AvgIpc) is 2.64. The highest BCUT2D eigenvalue weighted by Gasteiger charge is 2.10. The van der Waals surface area contributed by atoms with E-state index in [0.29, 0.717) is 18.2 Å². The van der Waals surface area contributed by atoms with Crippen molar-refractivity contribution >= 4 is 35.8 Å². The third kappa shape index (κ3) is 8.92. The van der Waals surface area contributed by atoms with Crippen molar-refractivity contribution in [1.82, 2.24) is 20.4 Å². The Balaban J connectivity index is 0.00000676. The van der Waals surface area contributed by atoms with Gasteiger partial charge in [-0.3, -0.25) is 9.69 Å². The summed E-state index contributed by atoms with van der Waals surface area (Å²) < 4.78 is 0. The molecular formula is C20H36IN5O. The van der Waals surface area contributed by atoms with E-state index < -0.39 is 0 Å². The average molecular weight is 489 g/mol. The molecule has 7 heteroatoms. The van der Waals surface area contributed by atoms with E-state index in [1.54, 1.807) is 19.0 Å². The van der Waals surface area contributed by atoms with Crippen LogP contribution < -0.4 is 10.6 Å². The zero-order valence-corrected chi connectivity index (χ0v) is 19.9. The summed E-state index contributed by atoms with van der Waals surface area (Å²) in [6.45, 7) is 13.0. The van der Waals surface area contributed by atoms with Crippen molar-refractivity contribution in [2.75, 3.05) is 40.3 Å². The molecule has 1 rings (SSSR count). The van der Waals surface area contributed by atoms with Gasteiger partial charge in [-0.25, -0.2) is 4.99 Å². The highest BCUT2D eigenvalue weighted by atomic mass is 127. The molecule has 0 aliphatic rings. The molecule has 0 saturated carbocycles. The van der Waals surface area contributed by atoms with Crippen LogP contribution in [0.5, 0.6) is 0 Å². The fraction of sp³-hybridized carbons (Fsp3) is 0.600. The number of nitrogens with one attached hydrogen (secondary N) is 2. The van der Waals surface area contributed by atoms with Crippen LogP contribution in [0.15, 0.2) is 29.3 Å². The second kappa shape index (κ2) is 13.8. The predicted molar refractivity (Wildman–Crippen MR) is 125 cm³/mol. The number of nitrogens with zero attached hydrogens (tertiary/aromatic N) is 3. The molecule has 1 aromatic carbocycles. The van der Waals surface area contributed by atoms with Crippen molar-refractivity contribution in [3.63, 3.8) is 0 Å². The van der Waals surface area contributed by atoms with Gasteiger partial charge in [0.1, 0.15) is 0 Å². The van der Waals surface area contributed by atoms with E-state index in [-0.39, 0.29) is 29.9 Å². The summed E-state index contributed by atoms with van der Waals surface area (Å²) in [5.74, 6) is 0.834. The lowest BCUT2D eigenvalue weighted by Gasteiger charge is -2.27. The zero-order chi connectivity index (χ0) is 19.5. The van der Waals surface area contributed by atoms with Crippen LogP contribution in [0.3, 0.4) is 0 Å². The molecule has 0 aliphatic heterocycles. The Morgan fingerprint density at radius 3 is 2.15 bits per heavy atom. The van der Waals surface area contributed by atoms with Crippen LogP contribution in [0, 0.1) is 0 Å². The van der Waals surface area contributed by atoms with Gasteiger partial charge in [0, 0.05) is 38.8 Å². The van der Waals surface area contributed by atoms with Crippen LogP contribution in [0.2, 0.25) is 0 Å². The second-order valence-corrected chi connectivity index (χ2v) is 6.54. The summed E-state index contributed by atoms with van der Waals surface area (Å²) in [6, 6.07) is 8.08. The van der Waals surface area contributed by atoms with Crippen molar-refractivity contribution in [2.24, 2.45) is 4.99 Å². The Bertz CT molecular complexity index is 570. The summed E-state index contributed by atoms with van der Waals surface area (Å²) in [6.07, 6.45) is 0. The molecule has 0 radical (unpaired) electrons. The molecule has 1 unspecified atom stereocenters. The molecule has 1 amide bonds. The number of hydrogen-bond donors (Lipinski definition) is 2. The van der Waals surface area contributed by atoms with E-state index >= 15 is 0 Å². The fourth-order valence-corrected chi connectivity index (χ4v) is 2.74. The maximum Gasteiger partial charge on any atom is 0.253 e. The zero-order valence-electron chi connectivity index (χ0n) is 17.6. The van der Waals surface area contributed by atoms with Gasteiger partial charge in [0.15, 0.2) is 5.96 Å². The van der Waals surface area contributed by atoms with Crippen LogP contribution in [-0.4, -0.2) is 68.0 Å². The molecular weight excluding hydrogens is 453 g/mol. The van der Waals surface area contributed by atoms with Crippen LogP contribution >= 0.6 is 24.0 Å². The number of rotatable bonds is 9. The summed E-state index contributed by atoms with van der Waals surface area (Å²) >= 11 is 0.